The molecule has 4 rings (SSSR count). The topological polar surface area (TPSA) is 133 Å². The number of anilines is 2. The van der Waals surface area contributed by atoms with Gasteiger partial charge in [-0.15, -0.1) is 5.10 Å². The molecule has 2 heterocycles. The van der Waals surface area contributed by atoms with Crippen molar-refractivity contribution in [1.82, 2.24) is 10.2 Å². The Morgan fingerprint density at radius 3 is 2.42 bits per heavy atom. The van der Waals surface area contributed by atoms with E-state index in [0.717, 1.165) is 5.56 Å². The Kier molecular flexibility index (Phi) is 5.58. The number of hydrogen-bond acceptors (Lipinski definition) is 8. The maximum atomic E-state index is 12.5. The van der Waals surface area contributed by atoms with Gasteiger partial charge in [0.2, 0.25) is 5.76 Å². The molecule has 0 aliphatic carbocycles. The van der Waals surface area contributed by atoms with E-state index in [1.165, 1.54) is 42.7 Å². The first-order valence-corrected chi connectivity index (χ1v) is 10.7. The van der Waals surface area contributed by atoms with Crippen molar-refractivity contribution in [2.24, 2.45) is 0 Å². The highest BCUT2D eigenvalue weighted by Crippen LogP contribution is 2.20. The fourth-order valence-corrected chi connectivity index (χ4v) is 3.70. The van der Waals surface area contributed by atoms with Crippen molar-refractivity contribution in [2.75, 3.05) is 23.3 Å². The summed E-state index contributed by atoms with van der Waals surface area (Å²) >= 11 is 0. The number of aryl methyl sites for hydroxylation is 1. The number of amides is 1. The minimum absolute atomic E-state index is 0.0795. The van der Waals surface area contributed by atoms with Crippen LogP contribution in [-0.2, 0) is 19.5 Å². The number of carbonyl (C=O) groups excluding carboxylic acids is 1. The molecule has 0 atom stereocenters. The molecule has 3 aromatic rings. The average molecular weight is 442 g/mol. The zero-order valence-electron chi connectivity index (χ0n) is 16.4. The van der Waals surface area contributed by atoms with Gasteiger partial charge in [-0.1, -0.05) is 22.8 Å². The molecule has 160 valence electrons. The van der Waals surface area contributed by atoms with Gasteiger partial charge in [0.15, 0.2) is 0 Å². The summed E-state index contributed by atoms with van der Waals surface area (Å²) in [5.41, 5.74) is 1.55. The third kappa shape index (κ3) is 4.83. The standard InChI is InChI=1S/C20H18N4O6S/c1-13-2-8-16(9-3-13)31(26,27)24-15-6-4-14(5-7-15)18(25)21-20-23-22-19(30-20)17-12-28-10-11-29-17/h2-9,12,24H,10-11H2,1H3,(H,21,23,25). The van der Waals surface area contributed by atoms with E-state index < -0.39 is 15.9 Å². The van der Waals surface area contributed by atoms with Crippen LogP contribution in [0.1, 0.15) is 21.8 Å². The molecule has 1 aromatic heterocycles. The lowest BCUT2D eigenvalue weighted by atomic mass is 10.2. The van der Waals surface area contributed by atoms with Crippen molar-refractivity contribution >= 4 is 33.4 Å². The summed E-state index contributed by atoms with van der Waals surface area (Å²) in [6, 6.07) is 12.3. The number of aromatic nitrogens is 2. The summed E-state index contributed by atoms with van der Waals surface area (Å²) in [4.78, 5) is 12.5. The van der Waals surface area contributed by atoms with Gasteiger partial charge in [-0.25, -0.2) is 8.42 Å². The molecule has 0 radical (unpaired) electrons. The molecular formula is C20H18N4O6S. The Bertz CT molecular complexity index is 1220. The van der Waals surface area contributed by atoms with Crippen molar-refractivity contribution < 1.29 is 27.1 Å². The largest absolute Gasteiger partial charge is 0.494 e. The Hall–Kier alpha value is -3.86. The van der Waals surface area contributed by atoms with E-state index in [4.69, 9.17) is 13.9 Å². The molecule has 2 N–H and O–H groups in total. The molecule has 0 fully saturated rings. The number of nitrogens with one attached hydrogen (secondary N) is 2. The number of carbonyl (C=O) groups is 1. The number of nitrogens with zero attached hydrogens (tertiary/aromatic N) is 2. The zero-order valence-corrected chi connectivity index (χ0v) is 17.2. The lowest BCUT2D eigenvalue weighted by molar-refractivity contribution is 0.102. The predicted molar refractivity (Wildman–Crippen MR) is 111 cm³/mol. The van der Waals surface area contributed by atoms with Crippen molar-refractivity contribution in [3.63, 3.8) is 0 Å². The van der Waals surface area contributed by atoms with E-state index in [-0.39, 0.29) is 28.1 Å². The lowest BCUT2D eigenvalue weighted by Crippen LogP contribution is -2.14. The van der Waals surface area contributed by atoms with Gasteiger partial charge in [0.25, 0.3) is 21.8 Å². The second-order valence-electron chi connectivity index (χ2n) is 6.56. The van der Waals surface area contributed by atoms with Crippen molar-refractivity contribution in [1.29, 1.82) is 0 Å². The summed E-state index contributed by atoms with van der Waals surface area (Å²) in [7, 11) is -3.73. The van der Waals surface area contributed by atoms with E-state index in [0.29, 0.717) is 18.9 Å². The van der Waals surface area contributed by atoms with Crippen LogP contribution in [0.25, 0.3) is 5.76 Å². The van der Waals surface area contributed by atoms with Gasteiger partial charge in [-0.3, -0.25) is 14.8 Å². The van der Waals surface area contributed by atoms with Crippen LogP contribution in [0.15, 0.2) is 64.1 Å². The minimum Gasteiger partial charge on any atom is -0.494 e. The molecule has 11 heteroatoms. The van der Waals surface area contributed by atoms with Crippen LogP contribution in [0, 0.1) is 6.92 Å². The third-order valence-corrected chi connectivity index (χ3v) is 5.63. The third-order valence-electron chi connectivity index (χ3n) is 4.24. The highest BCUT2D eigenvalue weighted by atomic mass is 32.2. The highest BCUT2D eigenvalue weighted by molar-refractivity contribution is 7.92. The smallest absolute Gasteiger partial charge is 0.322 e. The van der Waals surface area contributed by atoms with Crippen LogP contribution in [0.2, 0.25) is 0 Å². The van der Waals surface area contributed by atoms with Crippen LogP contribution in [0.5, 0.6) is 0 Å². The summed E-state index contributed by atoms with van der Waals surface area (Å²) < 4.78 is 43.2. The van der Waals surface area contributed by atoms with Crippen LogP contribution in [0.4, 0.5) is 11.7 Å². The van der Waals surface area contributed by atoms with E-state index in [9.17, 15) is 13.2 Å². The molecule has 1 amide bonds. The average Bonchev–Trinajstić information content (AvgIpc) is 3.23. The number of hydrogen-bond donors (Lipinski definition) is 2. The summed E-state index contributed by atoms with van der Waals surface area (Å²) in [6.07, 6.45) is 1.36. The highest BCUT2D eigenvalue weighted by Gasteiger charge is 2.18. The number of benzene rings is 2. The molecule has 0 bridgehead atoms. The molecule has 1 aliphatic rings. The molecule has 0 saturated carbocycles. The van der Waals surface area contributed by atoms with Gasteiger partial charge >= 0.3 is 6.01 Å². The number of rotatable bonds is 6. The molecule has 0 saturated heterocycles. The fourth-order valence-electron chi connectivity index (χ4n) is 2.64. The lowest BCUT2D eigenvalue weighted by Gasteiger charge is -2.11. The molecule has 10 nitrogen and oxygen atoms in total. The Morgan fingerprint density at radius 1 is 1.00 bits per heavy atom. The first-order valence-electron chi connectivity index (χ1n) is 9.20. The Labute approximate surface area is 177 Å². The summed E-state index contributed by atoms with van der Waals surface area (Å²) in [5, 5.41) is 10.0. The van der Waals surface area contributed by atoms with E-state index in [1.807, 2.05) is 6.92 Å². The number of sulfonamides is 1. The van der Waals surface area contributed by atoms with Gasteiger partial charge in [-0.05, 0) is 43.3 Å². The molecule has 31 heavy (non-hydrogen) atoms. The van der Waals surface area contributed by atoms with Gasteiger partial charge in [0.1, 0.15) is 19.5 Å². The molecule has 2 aromatic carbocycles. The molecule has 0 spiro atoms. The maximum absolute atomic E-state index is 12.5. The first-order chi connectivity index (χ1) is 14.9. The molecule has 0 unspecified atom stereocenters. The predicted octanol–water partition coefficient (Wildman–Crippen LogP) is 2.78. The van der Waals surface area contributed by atoms with Crippen molar-refractivity contribution in [3.05, 3.63) is 71.8 Å². The Morgan fingerprint density at radius 2 is 1.74 bits per heavy atom. The zero-order chi connectivity index (χ0) is 21.8. The van der Waals surface area contributed by atoms with Crippen molar-refractivity contribution in [2.45, 2.75) is 11.8 Å². The minimum atomic E-state index is -3.73. The number of ether oxygens (including phenoxy) is 2. The van der Waals surface area contributed by atoms with E-state index >= 15 is 0 Å². The van der Waals surface area contributed by atoms with Crippen LogP contribution in [-0.4, -0.2) is 37.7 Å². The van der Waals surface area contributed by atoms with Gasteiger partial charge in [0.05, 0.1) is 4.90 Å². The van der Waals surface area contributed by atoms with Gasteiger partial charge in [0, 0.05) is 11.3 Å². The van der Waals surface area contributed by atoms with Gasteiger partial charge in [-0.2, -0.15) is 0 Å². The second kappa shape index (κ2) is 8.48. The second-order valence-corrected chi connectivity index (χ2v) is 8.25. The maximum Gasteiger partial charge on any atom is 0.322 e. The van der Waals surface area contributed by atoms with Crippen LogP contribution < -0.4 is 10.0 Å². The van der Waals surface area contributed by atoms with Crippen molar-refractivity contribution in [3.8, 4) is 0 Å². The Balaban J connectivity index is 1.41. The van der Waals surface area contributed by atoms with Crippen LogP contribution in [0.3, 0.4) is 0 Å². The van der Waals surface area contributed by atoms with Crippen LogP contribution >= 0.6 is 0 Å². The first kappa shape index (κ1) is 20.4. The van der Waals surface area contributed by atoms with E-state index in [1.54, 1.807) is 12.1 Å². The SMILES string of the molecule is Cc1ccc(S(=O)(=O)Nc2ccc(C(=O)Nc3nnc(C4=COCCO4)o3)cc2)cc1. The fraction of sp³-hybridized carbons (Fsp3) is 0.150. The summed E-state index contributed by atoms with van der Waals surface area (Å²) in [5.74, 6) is -0.141. The molecular weight excluding hydrogens is 424 g/mol. The normalized spacial score (nSPS) is 13.5. The summed E-state index contributed by atoms with van der Waals surface area (Å²) in [6.45, 7) is 2.66. The monoisotopic (exact) mass is 442 g/mol. The van der Waals surface area contributed by atoms with E-state index in [2.05, 4.69) is 20.2 Å². The quantitative estimate of drug-likeness (QED) is 0.595. The molecule has 1 aliphatic heterocycles. The van der Waals surface area contributed by atoms with Gasteiger partial charge < -0.3 is 13.9 Å².